The van der Waals surface area contributed by atoms with Crippen molar-refractivity contribution < 1.29 is 9.84 Å². The Morgan fingerprint density at radius 2 is 2.12 bits per heavy atom. The summed E-state index contributed by atoms with van der Waals surface area (Å²) in [5, 5.41) is 9.69. The van der Waals surface area contributed by atoms with Crippen molar-refractivity contribution in [3.05, 3.63) is 24.3 Å². The molecule has 1 aromatic carbocycles. The molecule has 3 nitrogen and oxygen atoms in total. The van der Waals surface area contributed by atoms with Gasteiger partial charge in [0.15, 0.2) is 0 Å². The van der Waals surface area contributed by atoms with Gasteiger partial charge < -0.3 is 14.7 Å². The van der Waals surface area contributed by atoms with Crippen LogP contribution in [0.2, 0.25) is 0 Å². The van der Waals surface area contributed by atoms with Gasteiger partial charge in [-0.25, -0.2) is 0 Å². The molecule has 0 heterocycles. The van der Waals surface area contributed by atoms with Crippen molar-refractivity contribution in [2.75, 3.05) is 19.0 Å². The summed E-state index contributed by atoms with van der Waals surface area (Å²) in [4.78, 5) is 2.04. The highest BCUT2D eigenvalue weighted by Crippen LogP contribution is 2.26. The van der Waals surface area contributed by atoms with Gasteiger partial charge in [-0.3, -0.25) is 0 Å². The summed E-state index contributed by atoms with van der Waals surface area (Å²) in [6.45, 7) is 0. The first-order valence-electron chi connectivity index (χ1n) is 5.79. The van der Waals surface area contributed by atoms with Gasteiger partial charge in [0.05, 0.1) is 6.10 Å². The molecule has 1 N–H and O–H groups in total. The van der Waals surface area contributed by atoms with Crippen LogP contribution < -0.4 is 9.64 Å². The van der Waals surface area contributed by atoms with Crippen LogP contribution in [0.5, 0.6) is 5.75 Å². The van der Waals surface area contributed by atoms with Crippen LogP contribution in [-0.4, -0.2) is 31.4 Å². The molecule has 88 valence electrons. The van der Waals surface area contributed by atoms with Crippen LogP contribution in [0.15, 0.2) is 24.3 Å². The number of ether oxygens (including phenoxy) is 1. The molecule has 0 saturated heterocycles. The lowest BCUT2D eigenvalue weighted by atomic mass is 10.2. The second-order valence-corrected chi connectivity index (χ2v) is 4.55. The quantitative estimate of drug-likeness (QED) is 0.848. The van der Waals surface area contributed by atoms with E-state index >= 15 is 0 Å². The maximum Gasteiger partial charge on any atom is 0.124 e. The first-order chi connectivity index (χ1) is 7.66. The lowest BCUT2D eigenvalue weighted by Gasteiger charge is -2.19. The van der Waals surface area contributed by atoms with Gasteiger partial charge in [0.25, 0.3) is 0 Å². The summed E-state index contributed by atoms with van der Waals surface area (Å²) in [5.74, 6) is 0.845. The average Bonchev–Trinajstić information content (AvgIpc) is 2.65. The van der Waals surface area contributed by atoms with Crippen molar-refractivity contribution in [3.63, 3.8) is 0 Å². The summed E-state index contributed by atoms with van der Waals surface area (Å²) in [5.41, 5.74) is 1.12. The third-order valence-corrected chi connectivity index (χ3v) is 3.04. The minimum Gasteiger partial charge on any atom is -0.488 e. The summed E-state index contributed by atoms with van der Waals surface area (Å²) < 4.78 is 5.80. The molecule has 1 saturated carbocycles. The zero-order chi connectivity index (χ0) is 11.5. The Balaban J connectivity index is 2.06. The van der Waals surface area contributed by atoms with Crippen LogP contribution in [0.25, 0.3) is 0 Å². The summed E-state index contributed by atoms with van der Waals surface area (Å²) in [7, 11) is 4.01. The highest BCUT2D eigenvalue weighted by atomic mass is 16.5. The average molecular weight is 221 g/mol. The number of rotatable bonds is 3. The predicted molar refractivity (Wildman–Crippen MR) is 65.0 cm³/mol. The van der Waals surface area contributed by atoms with Gasteiger partial charge in [0.1, 0.15) is 11.9 Å². The van der Waals surface area contributed by atoms with Gasteiger partial charge in [-0.2, -0.15) is 0 Å². The normalized spacial score (nSPS) is 24.4. The lowest BCUT2D eigenvalue weighted by Crippen LogP contribution is -2.25. The fourth-order valence-electron chi connectivity index (χ4n) is 2.05. The first-order valence-corrected chi connectivity index (χ1v) is 5.79. The molecule has 16 heavy (non-hydrogen) atoms. The Morgan fingerprint density at radius 3 is 2.75 bits per heavy atom. The topological polar surface area (TPSA) is 32.7 Å². The molecule has 0 spiro atoms. The molecular weight excluding hydrogens is 202 g/mol. The fourth-order valence-corrected chi connectivity index (χ4v) is 2.05. The van der Waals surface area contributed by atoms with Gasteiger partial charge in [-0.1, -0.05) is 6.07 Å². The van der Waals surface area contributed by atoms with Crippen LogP contribution >= 0.6 is 0 Å². The van der Waals surface area contributed by atoms with Gasteiger partial charge in [-0.15, -0.1) is 0 Å². The predicted octanol–water partition coefficient (Wildman–Crippen LogP) is 2.04. The van der Waals surface area contributed by atoms with Gasteiger partial charge >= 0.3 is 0 Å². The van der Waals surface area contributed by atoms with E-state index in [0.29, 0.717) is 0 Å². The zero-order valence-electron chi connectivity index (χ0n) is 9.89. The van der Waals surface area contributed by atoms with Crippen LogP contribution in [0.3, 0.4) is 0 Å². The molecule has 0 radical (unpaired) electrons. The number of anilines is 1. The van der Waals surface area contributed by atoms with Crippen molar-refractivity contribution in [2.45, 2.75) is 31.5 Å². The second kappa shape index (κ2) is 4.74. The lowest BCUT2D eigenvalue weighted by molar-refractivity contribution is 0.0604. The van der Waals surface area contributed by atoms with E-state index in [2.05, 4.69) is 0 Å². The molecule has 0 aromatic heterocycles. The molecule has 1 aliphatic carbocycles. The maximum absolute atomic E-state index is 9.69. The summed E-state index contributed by atoms with van der Waals surface area (Å²) >= 11 is 0. The van der Waals surface area contributed by atoms with Gasteiger partial charge in [0.2, 0.25) is 0 Å². The SMILES string of the molecule is CN(C)c1cccc(O[C@H]2CCC[C@@H]2O)c1. The van der Waals surface area contributed by atoms with E-state index in [1.54, 1.807) is 0 Å². The molecule has 0 unspecified atom stereocenters. The van der Waals surface area contributed by atoms with E-state index < -0.39 is 0 Å². The molecule has 0 amide bonds. The highest BCUT2D eigenvalue weighted by Gasteiger charge is 2.26. The number of nitrogens with zero attached hydrogens (tertiary/aromatic N) is 1. The van der Waals surface area contributed by atoms with Crippen molar-refractivity contribution in [1.82, 2.24) is 0 Å². The Kier molecular flexibility index (Phi) is 3.34. The summed E-state index contributed by atoms with van der Waals surface area (Å²) in [6.07, 6.45) is 2.53. The highest BCUT2D eigenvalue weighted by molar-refractivity contribution is 5.49. The van der Waals surface area contributed by atoms with E-state index in [9.17, 15) is 5.11 Å². The van der Waals surface area contributed by atoms with E-state index in [1.807, 2.05) is 43.3 Å². The third-order valence-electron chi connectivity index (χ3n) is 3.04. The van der Waals surface area contributed by atoms with Crippen molar-refractivity contribution in [1.29, 1.82) is 0 Å². The summed E-state index contributed by atoms with van der Waals surface area (Å²) in [6, 6.07) is 7.97. The van der Waals surface area contributed by atoms with Crippen molar-refractivity contribution in [3.8, 4) is 5.75 Å². The fraction of sp³-hybridized carbons (Fsp3) is 0.538. The molecule has 1 fully saturated rings. The maximum atomic E-state index is 9.69. The van der Waals surface area contributed by atoms with Crippen LogP contribution in [0, 0.1) is 0 Å². The number of aliphatic hydroxyl groups is 1. The molecule has 2 atom stereocenters. The minimum atomic E-state index is -0.303. The van der Waals surface area contributed by atoms with E-state index in [0.717, 1.165) is 30.7 Å². The number of benzene rings is 1. The Labute approximate surface area is 96.6 Å². The number of aliphatic hydroxyl groups excluding tert-OH is 1. The van der Waals surface area contributed by atoms with Crippen LogP contribution in [0.4, 0.5) is 5.69 Å². The zero-order valence-corrected chi connectivity index (χ0v) is 9.89. The van der Waals surface area contributed by atoms with Crippen molar-refractivity contribution >= 4 is 5.69 Å². The molecule has 3 heteroatoms. The molecule has 2 rings (SSSR count). The Bertz CT molecular complexity index is 352. The third kappa shape index (κ3) is 2.47. The van der Waals surface area contributed by atoms with Crippen LogP contribution in [0.1, 0.15) is 19.3 Å². The first kappa shape index (κ1) is 11.3. The molecule has 1 aromatic rings. The Morgan fingerprint density at radius 1 is 1.31 bits per heavy atom. The smallest absolute Gasteiger partial charge is 0.124 e. The molecule has 1 aliphatic rings. The largest absolute Gasteiger partial charge is 0.488 e. The second-order valence-electron chi connectivity index (χ2n) is 4.55. The molecule has 0 bridgehead atoms. The van der Waals surface area contributed by atoms with E-state index in [-0.39, 0.29) is 12.2 Å². The van der Waals surface area contributed by atoms with Crippen molar-refractivity contribution in [2.24, 2.45) is 0 Å². The van der Waals surface area contributed by atoms with Gasteiger partial charge in [-0.05, 0) is 31.4 Å². The number of hydrogen-bond acceptors (Lipinski definition) is 3. The van der Waals surface area contributed by atoms with Gasteiger partial charge in [0, 0.05) is 25.8 Å². The minimum absolute atomic E-state index is 0.0302. The van der Waals surface area contributed by atoms with Crippen LogP contribution in [-0.2, 0) is 0 Å². The number of hydrogen-bond donors (Lipinski definition) is 1. The van der Waals surface area contributed by atoms with E-state index in [4.69, 9.17) is 4.74 Å². The Hall–Kier alpha value is -1.22. The standard InChI is InChI=1S/C13H19NO2/c1-14(2)10-5-3-6-11(9-10)16-13-8-4-7-12(13)15/h3,5-6,9,12-13,15H,4,7-8H2,1-2H3/t12-,13-/m0/s1. The van der Waals surface area contributed by atoms with E-state index in [1.165, 1.54) is 0 Å². The molecular formula is C13H19NO2. The monoisotopic (exact) mass is 221 g/mol. The molecule has 0 aliphatic heterocycles.